The van der Waals surface area contributed by atoms with Crippen LogP contribution in [0.4, 0.5) is 5.69 Å². The Labute approximate surface area is 176 Å². The number of anilines is 1. The molecule has 1 heterocycles. The summed E-state index contributed by atoms with van der Waals surface area (Å²) in [5.41, 5.74) is 1.98. The highest BCUT2D eigenvalue weighted by Crippen LogP contribution is 2.30. The maximum Gasteiger partial charge on any atom is 0.244 e. The predicted molar refractivity (Wildman–Crippen MR) is 115 cm³/mol. The SMILES string of the molecule is CC(C)(C)c1ccc(S(=O)(=O)N2CSC[C@@H]2C(=O)Nc2ccc(C#N)cc2)cc1. The number of thioether (sulfide) groups is 1. The van der Waals surface area contributed by atoms with E-state index in [1.165, 1.54) is 16.1 Å². The summed E-state index contributed by atoms with van der Waals surface area (Å²) in [5, 5.41) is 11.6. The van der Waals surface area contributed by atoms with Crippen molar-refractivity contribution in [3.05, 3.63) is 59.7 Å². The number of sulfonamides is 1. The van der Waals surface area contributed by atoms with Crippen molar-refractivity contribution in [1.29, 1.82) is 5.26 Å². The number of hydrogen-bond donors (Lipinski definition) is 1. The van der Waals surface area contributed by atoms with Crippen molar-refractivity contribution in [2.24, 2.45) is 0 Å². The number of amides is 1. The molecule has 0 aromatic heterocycles. The van der Waals surface area contributed by atoms with Crippen molar-refractivity contribution in [2.75, 3.05) is 16.9 Å². The molecule has 152 valence electrons. The average molecular weight is 430 g/mol. The van der Waals surface area contributed by atoms with Crippen molar-refractivity contribution < 1.29 is 13.2 Å². The summed E-state index contributed by atoms with van der Waals surface area (Å²) in [6.45, 7) is 6.20. The van der Waals surface area contributed by atoms with Crippen LogP contribution in [0, 0.1) is 11.3 Å². The number of benzene rings is 2. The number of nitrogens with one attached hydrogen (secondary N) is 1. The molecule has 1 fully saturated rings. The first-order chi connectivity index (χ1) is 13.6. The molecule has 1 N–H and O–H groups in total. The molecule has 0 unspecified atom stereocenters. The topological polar surface area (TPSA) is 90.3 Å². The standard InChI is InChI=1S/C21H23N3O3S2/c1-21(2,3)16-6-10-18(11-7-16)29(26,27)24-14-28-13-19(24)20(25)23-17-8-4-15(12-22)5-9-17/h4-11,19H,13-14H2,1-3H3,(H,23,25)/t19-/m1/s1. The summed E-state index contributed by atoms with van der Waals surface area (Å²) in [6.07, 6.45) is 0. The number of carbonyl (C=O) groups is 1. The van der Waals surface area contributed by atoms with Crippen molar-refractivity contribution in [3.63, 3.8) is 0 Å². The molecule has 1 saturated heterocycles. The van der Waals surface area contributed by atoms with Gasteiger partial charge in [-0.15, -0.1) is 11.8 Å². The van der Waals surface area contributed by atoms with E-state index in [0.29, 0.717) is 17.0 Å². The normalized spacial score (nSPS) is 17.7. The quantitative estimate of drug-likeness (QED) is 0.803. The molecule has 0 spiro atoms. The Bertz CT molecular complexity index is 1030. The van der Waals surface area contributed by atoms with E-state index in [4.69, 9.17) is 5.26 Å². The van der Waals surface area contributed by atoms with Gasteiger partial charge in [0.2, 0.25) is 15.9 Å². The molecule has 3 rings (SSSR count). The maximum atomic E-state index is 13.1. The lowest BCUT2D eigenvalue weighted by Crippen LogP contribution is -2.44. The molecule has 8 heteroatoms. The Kier molecular flexibility index (Phi) is 6.03. The summed E-state index contributed by atoms with van der Waals surface area (Å²) < 4.78 is 27.5. The van der Waals surface area contributed by atoms with Crippen molar-refractivity contribution in [3.8, 4) is 6.07 Å². The summed E-state index contributed by atoms with van der Waals surface area (Å²) in [7, 11) is -3.79. The summed E-state index contributed by atoms with van der Waals surface area (Å²) in [6, 6.07) is 14.5. The van der Waals surface area contributed by atoms with Crippen molar-refractivity contribution in [2.45, 2.75) is 37.1 Å². The largest absolute Gasteiger partial charge is 0.325 e. The Morgan fingerprint density at radius 1 is 1.14 bits per heavy atom. The number of nitriles is 1. The van der Waals surface area contributed by atoms with Crippen LogP contribution in [0.2, 0.25) is 0 Å². The minimum absolute atomic E-state index is 0.0741. The second-order valence-corrected chi connectivity index (χ2v) is 10.8. The molecule has 1 atom stereocenters. The summed E-state index contributed by atoms with van der Waals surface area (Å²) in [4.78, 5) is 12.9. The summed E-state index contributed by atoms with van der Waals surface area (Å²) in [5.74, 6) is 0.241. The van der Waals surface area contributed by atoms with Crippen LogP contribution in [0.15, 0.2) is 53.4 Å². The van der Waals surface area contributed by atoms with E-state index in [2.05, 4.69) is 26.1 Å². The average Bonchev–Trinajstić information content (AvgIpc) is 3.19. The molecular weight excluding hydrogens is 406 g/mol. The maximum absolute atomic E-state index is 13.1. The second-order valence-electron chi connectivity index (χ2n) is 7.86. The van der Waals surface area contributed by atoms with Gasteiger partial charge >= 0.3 is 0 Å². The van der Waals surface area contributed by atoms with Gasteiger partial charge < -0.3 is 5.32 Å². The van der Waals surface area contributed by atoms with Crippen molar-refractivity contribution in [1.82, 2.24) is 4.31 Å². The van der Waals surface area contributed by atoms with Gasteiger partial charge in [0.15, 0.2) is 0 Å². The van der Waals surface area contributed by atoms with Crippen molar-refractivity contribution >= 4 is 33.4 Å². The lowest BCUT2D eigenvalue weighted by molar-refractivity contribution is -0.118. The number of carbonyl (C=O) groups excluding carboxylic acids is 1. The Morgan fingerprint density at radius 3 is 2.31 bits per heavy atom. The van der Waals surface area contributed by atoms with Crippen LogP contribution < -0.4 is 5.32 Å². The molecular formula is C21H23N3O3S2. The summed E-state index contributed by atoms with van der Waals surface area (Å²) >= 11 is 1.41. The third kappa shape index (κ3) is 4.64. The first-order valence-corrected chi connectivity index (χ1v) is 11.7. The first kappa shape index (κ1) is 21.4. The van der Waals surface area contributed by atoms with E-state index in [9.17, 15) is 13.2 Å². The third-order valence-electron chi connectivity index (χ3n) is 4.75. The number of rotatable bonds is 4. The zero-order chi connectivity index (χ0) is 21.2. The van der Waals surface area contributed by atoms with E-state index < -0.39 is 16.1 Å². The lowest BCUT2D eigenvalue weighted by Gasteiger charge is -2.23. The smallest absolute Gasteiger partial charge is 0.244 e. The minimum atomic E-state index is -3.79. The second kappa shape index (κ2) is 8.19. The van der Waals surface area contributed by atoms with Gasteiger partial charge in [-0.05, 0) is 47.4 Å². The van der Waals surface area contributed by atoms with Crippen LogP contribution in [0.25, 0.3) is 0 Å². The highest BCUT2D eigenvalue weighted by Gasteiger charge is 2.40. The monoisotopic (exact) mass is 429 g/mol. The van der Waals surface area contributed by atoms with E-state index in [0.717, 1.165) is 5.56 Å². The molecule has 2 aromatic rings. The number of nitrogens with zero attached hydrogens (tertiary/aromatic N) is 2. The Morgan fingerprint density at radius 2 is 1.76 bits per heavy atom. The van der Waals surface area contributed by atoms with E-state index in [1.807, 2.05) is 18.2 Å². The minimum Gasteiger partial charge on any atom is -0.325 e. The van der Waals surface area contributed by atoms with Gasteiger partial charge in [0.1, 0.15) is 6.04 Å². The van der Waals surface area contributed by atoms with Crippen LogP contribution in [0.3, 0.4) is 0 Å². The zero-order valence-corrected chi connectivity index (χ0v) is 18.2. The van der Waals surface area contributed by atoms with E-state index >= 15 is 0 Å². The van der Waals surface area contributed by atoms with Gasteiger partial charge in [-0.3, -0.25) is 4.79 Å². The van der Waals surface area contributed by atoms with E-state index in [1.54, 1.807) is 36.4 Å². The molecule has 2 aromatic carbocycles. The highest BCUT2D eigenvalue weighted by molar-refractivity contribution is 8.00. The Balaban J connectivity index is 1.79. The number of hydrogen-bond acceptors (Lipinski definition) is 5. The van der Waals surface area contributed by atoms with Gasteiger partial charge in [-0.2, -0.15) is 9.57 Å². The molecule has 29 heavy (non-hydrogen) atoms. The lowest BCUT2D eigenvalue weighted by atomic mass is 9.87. The molecule has 0 radical (unpaired) electrons. The van der Waals surface area contributed by atoms with Gasteiger partial charge in [0.05, 0.1) is 22.4 Å². The molecule has 0 aliphatic carbocycles. The molecule has 1 aliphatic rings. The van der Waals surface area contributed by atoms with Gasteiger partial charge in [-0.25, -0.2) is 8.42 Å². The van der Waals surface area contributed by atoms with E-state index in [-0.39, 0.29) is 22.1 Å². The highest BCUT2D eigenvalue weighted by atomic mass is 32.2. The molecule has 1 amide bonds. The van der Waals surface area contributed by atoms with Gasteiger partial charge in [0, 0.05) is 11.4 Å². The zero-order valence-electron chi connectivity index (χ0n) is 16.5. The van der Waals surface area contributed by atoms with Gasteiger partial charge in [0.25, 0.3) is 0 Å². The molecule has 0 bridgehead atoms. The van der Waals surface area contributed by atoms with Crippen LogP contribution in [0.5, 0.6) is 0 Å². The first-order valence-electron chi connectivity index (χ1n) is 9.14. The van der Waals surface area contributed by atoms with Crippen LogP contribution in [0.1, 0.15) is 31.9 Å². The Hall–Kier alpha value is -2.34. The third-order valence-corrected chi connectivity index (χ3v) is 7.80. The predicted octanol–water partition coefficient (Wildman–Crippen LogP) is 3.56. The van der Waals surface area contributed by atoms with Crippen LogP contribution >= 0.6 is 11.8 Å². The fraction of sp³-hybridized carbons (Fsp3) is 0.333. The van der Waals surface area contributed by atoms with Crippen LogP contribution in [-0.2, 0) is 20.2 Å². The molecule has 1 aliphatic heterocycles. The molecule has 0 saturated carbocycles. The van der Waals surface area contributed by atoms with Crippen LogP contribution in [-0.4, -0.2) is 36.3 Å². The van der Waals surface area contributed by atoms with Gasteiger partial charge in [-0.1, -0.05) is 32.9 Å². The molecule has 6 nitrogen and oxygen atoms in total. The fourth-order valence-corrected chi connectivity index (χ4v) is 6.14. The fourth-order valence-electron chi connectivity index (χ4n) is 2.99.